The van der Waals surface area contributed by atoms with Crippen molar-refractivity contribution in [3.63, 3.8) is 0 Å². The Labute approximate surface area is 190 Å². The highest BCUT2D eigenvalue weighted by atomic mass is 35.5. The third-order valence-corrected chi connectivity index (χ3v) is 5.16. The maximum absolute atomic E-state index is 12.6. The SMILES string of the molecule is CCOc1ccc(-c2nc(Cn3nnc(C(=O)Nc4ccc(Cl)cc4)c3C)c(C)o2)cc1. The van der Waals surface area contributed by atoms with E-state index in [0.29, 0.717) is 46.9 Å². The molecule has 0 fully saturated rings. The van der Waals surface area contributed by atoms with Crippen molar-refractivity contribution < 1.29 is 13.9 Å². The lowest BCUT2D eigenvalue weighted by Gasteiger charge is -2.04. The van der Waals surface area contributed by atoms with Crippen LogP contribution in [0.25, 0.3) is 11.5 Å². The minimum absolute atomic E-state index is 0.243. The second-order valence-electron chi connectivity index (χ2n) is 7.12. The summed E-state index contributed by atoms with van der Waals surface area (Å²) >= 11 is 5.89. The Morgan fingerprint density at radius 3 is 2.53 bits per heavy atom. The second kappa shape index (κ2) is 9.23. The number of halogens is 1. The molecule has 1 N–H and O–H groups in total. The summed E-state index contributed by atoms with van der Waals surface area (Å²) in [4.78, 5) is 17.2. The molecule has 0 radical (unpaired) electrons. The minimum Gasteiger partial charge on any atom is -0.494 e. The molecule has 0 saturated carbocycles. The van der Waals surface area contributed by atoms with Gasteiger partial charge in [0.15, 0.2) is 5.69 Å². The number of amides is 1. The Morgan fingerprint density at radius 2 is 1.84 bits per heavy atom. The number of aryl methyl sites for hydroxylation is 1. The smallest absolute Gasteiger partial charge is 0.278 e. The lowest BCUT2D eigenvalue weighted by Crippen LogP contribution is -2.14. The number of benzene rings is 2. The van der Waals surface area contributed by atoms with Crippen LogP contribution in [-0.4, -0.2) is 32.5 Å². The fourth-order valence-corrected chi connectivity index (χ4v) is 3.27. The molecular formula is C23H22ClN5O3. The Morgan fingerprint density at radius 1 is 1.12 bits per heavy atom. The summed E-state index contributed by atoms with van der Waals surface area (Å²) in [5, 5.41) is 11.6. The molecule has 2 heterocycles. The average Bonchev–Trinajstić information content (AvgIpc) is 3.33. The summed E-state index contributed by atoms with van der Waals surface area (Å²) in [5.41, 5.74) is 3.06. The van der Waals surface area contributed by atoms with Crippen LogP contribution in [-0.2, 0) is 6.54 Å². The molecule has 0 bridgehead atoms. The predicted octanol–water partition coefficient (Wildman–Crippen LogP) is 4.90. The Kier molecular flexibility index (Phi) is 6.23. The molecule has 1 amide bonds. The fourth-order valence-electron chi connectivity index (χ4n) is 3.14. The second-order valence-corrected chi connectivity index (χ2v) is 7.56. The van der Waals surface area contributed by atoms with E-state index in [2.05, 4.69) is 20.6 Å². The van der Waals surface area contributed by atoms with Gasteiger partial charge in [0.1, 0.15) is 17.2 Å². The van der Waals surface area contributed by atoms with Gasteiger partial charge in [-0.3, -0.25) is 4.79 Å². The van der Waals surface area contributed by atoms with Gasteiger partial charge in [-0.05, 0) is 69.3 Å². The van der Waals surface area contributed by atoms with Gasteiger partial charge < -0.3 is 14.5 Å². The van der Waals surface area contributed by atoms with Crippen molar-refractivity contribution in [2.75, 3.05) is 11.9 Å². The number of anilines is 1. The predicted molar refractivity (Wildman–Crippen MR) is 121 cm³/mol. The highest BCUT2D eigenvalue weighted by Crippen LogP contribution is 2.25. The first-order valence-corrected chi connectivity index (χ1v) is 10.5. The normalized spacial score (nSPS) is 10.9. The van der Waals surface area contributed by atoms with Gasteiger partial charge in [-0.2, -0.15) is 0 Å². The molecule has 0 aliphatic rings. The maximum Gasteiger partial charge on any atom is 0.278 e. The number of carbonyl (C=O) groups excluding carboxylic acids is 1. The molecule has 0 aliphatic carbocycles. The van der Waals surface area contributed by atoms with E-state index in [1.165, 1.54) is 0 Å². The first-order valence-electron chi connectivity index (χ1n) is 10.1. The van der Waals surface area contributed by atoms with Gasteiger partial charge in [0.25, 0.3) is 5.91 Å². The van der Waals surface area contributed by atoms with Crippen molar-refractivity contribution in [1.82, 2.24) is 20.0 Å². The zero-order valence-corrected chi connectivity index (χ0v) is 18.7. The monoisotopic (exact) mass is 451 g/mol. The first-order chi connectivity index (χ1) is 15.4. The van der Waals surface area contributed by atoms with Gasteiger partial charge in [-0.15, -0.1) is 5.10 Å². The van der Waals surface area contributed by atoms with Gasteiger partial charge in [0.05, 0.1) is 18.8 Å². The van der Waals surface area contributed by atoms with Crippen LogP contribution in [0, 0.1) is 13.8 Å². The molecule has 0 atom stereocenters. The van der Waals surface area contributed by atoms with Crippen molar-refractivity contribution in [1.29, 1.82) is 0 Å². The van der Waals surface area contributed by atoms with E-state index in [1.807, 2.05) is 38.1 Å². The molecule has 32 heavy (non-hydrogen) atoms. The fraction of sp³-hybridized carbons (Fsp3) is 0.217. The lowest BCUT2D eigenvalue weighted by molar-refractivity contribution is 0.102. The van der Waals surface area contributed by atoms with Gasteiger partial charge in [-0.1, -0.05) is 16.8 Å². The van der Waals surface area contributed by atoms with E-state index in [0.717, 1.165) is 11.3 Å². The average molecular weight is 452 g/mol. The number of hydrogen-bond donors (Lipinski definition) is 1. The number of nitrogens with one attached hydrogen (secondary N) is 1. The first kappa shape index (κ1) is 21.6. The zero-order valence-electron chi connectivity index (χ0n) is 17.9. The highest BCUT2D eigenvalue weighted by molar-refractivity contribution is 6.30. The van der Waals surface area contributed by atoms with Crippen LogP contribution in [0.5, 0.6) is 5.75 Å². The van der Waals surface area contributed by atoms with Crippen LogP contribution in [0.1, 0.15) is 34.6 Å². The third kappa shape index (κ3) is 4.65. The van der Waals surface area contributed by atoms with E-state index < -0.39 is 0 Å². The summed E-state index contributed by atoms with van der Waals surface area (Å²) in [6.07, 6.45) is 0. The van der Waals surface area contributed by atoms with Gasteiger partial charge >= 0.3 is 0 Å². The number of ether oxygens (including phenoxy) is 1. The summed E-state index contributed by atoms with van der Waals surface area (Å²) in [7, 11) is 0. The molecule has 2 aromatic carbocycles. The van der Waals surface area contributed by atoms with Crippen molar-refractivity contribution in [2.45, 2.75) is 27.3 Å². The van der Waals surface area contributed by atoms with Crippen molar-refractivity contribution >= 4 is 23.2 Å². The molecule has 0 aliphatic heterocycles. The molecule has 8 nitrogen and oxygen atoms in total. The van der Waals surface area contributed by atoms with E-state index >= 15 is 0 Å². The van der Waals surface area contributed by atoms with Crippen LogP contribution in [0.4, 0.5) is 5.69 Å². The van der Waals surface area contributed by atoms with Crippen LogP contribution in [0.2, 0.25) is 5.02 Å². The van der Waals surface area contributed by atoms with Crippen LogP contribution in [0.3, 0.4) is 0 Å². The number of nitrogens with zero attached hydrogens (tertiary/aromatic N) is 4. The standard InChI is InChI=1S/C23H22ClN5O3/c1-4-31-19-11-5-16(6-12-19)23-26-20(15(3)32-23)13-29-14(2)21(27-28-29)22(30)25-18-9-7-17(24)8-10-18/h5-12H,4,13H2,1-3H3,(H,25,30). The number of carbonyl (C=O) groups is 1. The molecule has 164 valence electrons. The molecule has 9 heteroatoms. The van der Waals surface area contributed by atoms with Gasteiger partial charge in [-0.25, -0.2) is 9.67 Å². The maximum atomic E-state index is 12.6. The molecule has 2 aromatic heterocycles. The Balaban J connectivity index is 1.49. The molecule has 4 aromatic rings. The number of hydrogen-bond acceptors (Lipinski definition) is 6. The Bertz CT molecular complexity index is 1230. The van der Waals surface area contributed by atoms with Gasteiger partial charge in [0, 0.05) is 16.3 Å². The molecule has 0 unspecified atom stereocenters. The topological polar surface area (TPSA) is 95.1 Å². The number of aromatic nitrogens is 4. The largest absolute Gasteiger partial charge is 0.494 e. The molecular weight excluding hydrogens is 430 g/mol. The van der Waals surface area contributed by atoms with Crippen molar-refractivity contribution in [3.8, 4) is 17.2 Å². The van der Waals surface area contributed by atoms with Gasteiger partial charge in [0.2, 0.25) is 5.89 Å². The summed E-state index contributed by atoms with van der Waals surface area (Å²) in [6.45, 7) is 6.52. The van der Waals surface area contributed by atoms with Crippen LogP contribution < -0.4 is 10.1 Å². The summed E-state index contributed by atoms with van der Waals surface area (Å²) in [5.74, 6) is 1.64. The Hall–Kier alpha value is -3.65. The van der Waals surface area contributed by atoms with Crippen LogP contribution >= 0.6 is 11.6 Å². The lowest BCUT2D eigenvalue weighted by atomic mass is 10.2. The van der Waals surface area contributed by atoms with E-state index in [9.17, 15) is 4.79 Å². The molecule has 0 saturated heterocycles. The quantitative estimate of drug-likeness (QED) is 0.429. The van der Waals surface area contributed by atoms with Crippen molar-refractivity contribution in [2.24, 2.45) is 0 Å². The highest BCUT2D eigenvalue weighted by Gasteiger charge is 2.19. The minimum atomic E-state index is -0.344. The van der Waals surface area contributed by atoms with E-state index in [1.54, 1.807) is 35.9 Å². The van der Waals surface area contributed by atoms with Crippen LogP contribution in [0.15, 0.2) is 52.9 Å². The van der Waals surface area contributed by atoms with E-state index in [4.69, 9.17) is 20.8 Å². The zero-order chi connectivity index (χ0) is 22.7. The third-order valence-electron chi connectivity index (χ3n) is 4.90. The summed E-state index contributed by atoms with van der Waals surface area (Å²) in [6, 6.07) is 14.4. The molecule has 4 rings (SSSR count). The van der Waals surface area contributed by atoms with E-state index in [-0.39, 0.29) is 11.6 Å². The number of rotatable bonds is 7. The van der Waals surface area contributed by atoms with Crippen molar-refractivity contribution in [3.05, 3.63) is 76.4 Å². The summed E-state index contributed by atoms with van der Waals surface area (Å²) < 4.78 is 13.0. The number of oxazole rings is 1. The molecule has 0 spiro atoms.